The summed E-state index contributed by atoms with van der Waals surface area (Å²) in [5.74, 6) is -0.611. The zero-order chi connectivity index (χ0) is 10.0. The average Bonchev–Trinajstić information content (AvgIpc) is 2.46. The van der Waals surface area contributed by atoms with Crippen molar-refractivity contribution < 1.29 is 9.72 Å². The molecule has 0 amide bonds. The zero-order valence-electron chi connectivity index (χ0n) is 6.86. The summed E-state index contributed by atoms with van der Waals surface area (Å²) >= 11 is 5.31. The molecule has 1 heterocycles. The molecule has 1 aromatic heterocycles. The lowest BCUT2D eigenvalue weighted by molar-refractivity contribution is -0.391. The van der Waals surface area contributed by atoms with Gasteiger partial charge in [0.2, 0.25) is 5.78 Å². The Morgan fingerprint density at radius 1 is 1.69 bits per heavy atom. The number of aromatic nitrogens is 1. The molecule has 5 nitrogen and oxygen atoms in total. The average molecular weight is 203 g/mol. The number of Topliss-reactive ketones (excluding diaryl/α,β-unsaturated/α-hetero) is 1. The summed E-state index contributed by atoms with van der Waals surface area (Å²) in [6, 6.07) is 2.67. The number of nitro groups is 1. The molecular weight excluding hydrogens is 196 g/mol. The van der Waals surface area contributed by atoms with Crippen LogP contribution in [0.3, 0.4) is 0 Å². The Balaban J connectivity index is 3.13. The van der Waals surface area contributed by atoms with Crippen LogP contribution in [0.2, 0.25) is 0 Å². The number of alkyl halides is 1. The van der Waals surface area contributed by atoms with E-state index in [2.05, 4.69) is 0 Å². The Morgan fingerprint density at radius 2 is 2.31 bits per heavy atom. The van der Waals surface area contributed by atoms with Crippen molar-refractivity contribution in [2.45, 2.75) is 0 Å². The van der Waals surface area contributed by atoms with Gasteiger partial charge in [-0.2, -0.15) is 0 Å². The molecule has 0 aliphatic heterocycles. The largest absolute Gasteiger partial charge is 0.358 e. The number of carbonyl (C=O) groups is 1. The summed E-state index contributed by atoms with van der Waals surface area (Å²) < 4.78 is 1.21. The standard InChI is InChI=1S/C7H7ClN2O3/c1-9-5(6(11)4-8)2-3-7(9)10(12)13/h2-3H,4H2,1H3. The van der Waals surface area contributed by atoms with Crippen LogP contribution in [0.1, 0.15) is 10.5 Å². The first-order chi connectivity index (χ1) is 6.07. The zero-order valence-corrected chi connectivity index (χ0v) is 7.61. The predicted molar refractivity (Wildman–Crippen MR) is 47.1 cm³/mol. The molecular formula is C7H7ClN2O3. The van der Waals surface area contributed by atoms with Crippen LogP contribution < -0.4 is 0 Å². The van der Waals surface area contributed by atoms with E-state index in [1.807, 2.05) is 0 Å². The lowest BCUT2D eigenvalue weighted by Gasteiger charge is -1.96. The maximum Gasteiger partial charge on any atom is 0.323 e. The smallest absolute Gasteiger partial charge is 0.323 e. The summed E-state index contributed by atoms with van der Waals surface area (Å²) in [4.78, 5) is 20.9. The van der Waals surface area contributed by atoms with Crippen LogP contribution >= 0.6 is 11.6 Å². The quantitative estimate of drug-likeness (QED) is 0.322. The van der Waals surface area contributed by atoms with Crippen molar-refractivity contribution in [1.29, 1.82) is 0 Å². The maximum atomic E-state index is 11.1. The van der Waals surface area contributed by atoms with E-state index in [1.165, 1.54) is 23.7 Å². The number of nitrogens with zero attached hydrogens (tertiary/aromatic N) is 2. The molecule has 13 heavy (non-hydrogen) atoms. The van der Waals surface area contributed by atoms with E-state index in [0.29, 0.717) is 0 Å². The summed E-state index contributed by atoms with van der Waals surface area (Å²) in [6.45, 7) is 0. The van der Waals surface area contributed by atoms with Gasteiger partial charge in [0, 0.05) is 6.07 Å². The Bertz CT molecular complexity index is 359. The summed E-state index contributed by atoms with van der Waals surface area (Å²) in [5, 5.41) is 10.4. The van der Waals surface area contributed by atoms with Crippen molar-refractivity contribution in [2.75, 3.05) is 5.88 Å². The van der Waals surface area contributed by atoms with Gasteiger partial charge in [-0.25, -0.2) is 4.57 Å². The molecule has 1 aromatic rings. The molecule has 0 bridgehead atoms. The van der Waals surface area contributed by atoms with E-state index in [-0.39, 0.29) is 23.2 Å². The lowest BCUT2D eigenvalue weighted by atomic mass is 10.3. The highest BCUT2D eigenvalue weighted by atomic mass is 35.5. The van der Waals surface area contributed by atoms with Gasteiger partial charge in [-0.05, 0) is 11.0 Å². The van der Waals surface area contributed by atoms with Gasteiger partial charge < -0.3 is 10.1 Å². The van der Waals surface area contributed by atoms with E-state index in [0.717, 1.165) is 0 Å². The van der Waals surface area contributed by atoms with Crippen LogP contribution in [0.5, 0.6) is 0 Å². The van der Waals surface area contributed by atoms with E-state index >= 15 is 0 Å². The first-order valence-electron chi connectivity index (χ1n) is 3.47. The molecule has 1 rings (SSSR count). The van der Waals surface area contributed by atoms with Gasteiger partial charge >= 0.3 is 5.82 Å². The van der Waals surface area contributed by atoms with Crippen molar-refractivity contribution in [1.82, 2.24) is 4.57 Å². The molecule has 0 aliphatic carbocycles. The minimum atomic E-state index is -0.551. The third-order valence-corrected chi connectivity index (χ3v) is 1.93. The molecule has 0 N–H and O–H groups in total. The number of ketones is 1. The molecule has 0 aliphatic rings. The number of hydrogen-bond acceptors (Lipinski definition) is 3. The van der Waals surface area contributed by atoms with Gasteiger partial charge in [-0.15, -0.1) is 11.6 Å². The second kappa shape index (κ2) is 3.57. The fourth-order valence-corrected chi connectivity index (χ4v) is 1.17. The number of halogens is 1. The topological polar surface area (TPSA) is 65.1 Å². The van der Waals surface area contributed by atoms with Gasteiger partial charge in [-0.3, -0.25) is 4.79 Å². The van der Waals surface area contributed by atoms with Crippen molar-refractivity contribution in [3.63, 3.8) is 0 Å². The number of rotatable bonds is 3. The Labute approximate surface area is 79.1 Å². The van der Waals surface area contributed by atoms with Gasteiger partial charge in [0.15, 0.2) is 5.69 Å². The molecule has 0 saturated heterocycles. The summed E-state index contributed by atoms with van der Waals surface area (Å²) in [5.41, 5.74) is 0.252. The fourth-order valence-electron chi connectivity index (χ4n) is 1.03. The van der Waals surface area contributed by atoms with Crippen LogP contribution in [0.25, 0.3) is 0 Å². The third kappa shape index (κ3) is 1.70. The molecule has 0 radical (unpaired) electrons. The van der Waals surface area contributed by atoms with Crippen molar-refractivity contribution >= 4 is 23.2 Å². The van der Waals surface area contributed by atoms with Crippen molar-refractivity contribution in [3.8, 4) is 0 Å². The summed E-state index contributed by atoms with van der Waals surface area (Å²) in [6.07, 6.45) is 0. The molecule has 6 heteroatoms. The van der Waals surface area contributed by atoms with E-state index in [4.69, 9.17) is 11.6 Å². The second-order valence-electron chi connectivity index (χ2n) is 2.45. The molecule has 70 valence electrons. The normalized spacial score (nSPS) is 10.0. The number of carbonyl (C=O) groups excluding carboxylic acids is 1. The monoisotopic (exact) mass is 202 g/mol. The molecule has 0 saturated carbocycles. The highest BCUT2D eigenvalue weighted by Crippen LogP contribution is 2.15. The van der Waals surface area contributed by atoms with E-state index < -0.39 is 4.92 Å². The lowest BCUT2D eigenvalue weighted by Crippen LogP contribution is -2.08. The predicted octanol–water partition coefficient (Wildman–Crippen LogP) is 1.35. The Hall–Kier alpha value is -1.36. The molecule has 0 spiro atoms. The van der Waals surface area contributed by atoms with Crippen LogP contribution in [-0.4, -0.2) is 21.2 Å². The second-order valence-corrected chi connectivity index (χ2v) is 2.72. The van der Waals surface area contributed by atoms with Gasteiger partial charge in [0.25, 0.3) is 0 Å². The van der Waals surface area contributed by atoms with Crippen molar-refractivity contribution in [2.24, 2.45) is 7.05 Å². The first kappa shape index (κ1) is 9.73. The van der Waals surface area contributed by atoms with Crippen molar-refractivity contribution in [3.05, 3.63) is 27.9 Å². The molecule has 0 aromatic carbocycles. The minimum absolute atomic E-state index is 0.117. The highest BCUT2D eigenvalue weighted by Gasteiger charge is 2.19. The van der Waals surface area contributed by atoms with Crippen LogP contribution in [0, 0.1) is 10.1 Å². The Kier molecular flexibility index (Phi) is 2.67. The highest BCUT2D eigenvalue weighted by molar-refractivity contribution is 6.30. The van der Waals surface area contributed by atoms with E-state index in [9.17, 15) is 14.9 Å². The minimum Gasteiger partial charge on any atom is -0.358 e. The first-order valence-corrected chi connectivity index (χ1v) is 4.00. The molecule has 0 atom stereocenters. The fraction of sp³-hybridized carbons (Fsp3) is 0.286. The van der Waals surface area contributed by atoms with Gasteiger partial charge in [-0.1, -0.05) is 0 Å². The third-order valence-electron chi connectivity index (χ3n) is 1.69. The molecule has 0 unspecified atom stereocenters. The van der Waals surface area contributed by atoms with Crippen LogP contribution in [0.15, 0.2) is 12.1 Å². The summed E-state index contributed by atoms with van der Waals surface area (Å²) in [7, 11) is 1.46. The van der Waals surface area contributed by atoms with Crippen LogP contribution in [-0.2, 0) is 7.05 Å². The van der Waals surface area contributed by atoms with Crippen LogP contribution in [0.4, 0.5) is 5.82 Å². The Morgan fingerprint density at radius 3 is 2.69 bits per heavy atom. The van der Waals surface area contributed by atoms with E-state index in [1.54, 1.807) is 0 Å². The molecule has 0 fully saturated rings. The SMILES string of the molecule is Cn1c(C(=O)CCl)ccc1[N+](=O)[O-]. The van der Waals surface area contributed by atoms with Gasteiger partial charge in [0.05, 0.1) is 12.9 Å². The number of hydrogen-bond donors (Lipinski definition) is 0. The van der Waals surface area contributed by atoms with Gasteiger partial charge in [0.1, 0.15) is 0 Å². The maximum absolute atomic E-state index is 11.1.